The van der Waals surface area contributed by atoms with Crippen LogP contribution in [0.5, 0.6) is 0 Å². The molecule has 0 aromatic heterocycles. The highest BCUT2D eigenvalue weighted by Gasteiger charge is 2.24. The molecule has 3 unspecified atom stereocenters. The molecule has 0 saturated heterocycles. The summed E-state index contributed by atoms with van der Waals surface area (Å²) in [5.74, 6) is -0.492. The third kappa shape index (κ3) is 48.1. The lowest BCUT2D eigenvalue weighted by atomic mass is 10.0. The van der Waals surface area contributed by atoms with Gasteiger partial charge in [-0.05, 0) is 83.5 Å². The van der Waals surface area contributed by atoms with Gasteiger partial charge in [0.15, 0.2) is 0 Å². The Morgan fingerprint density at radius 1 is 0.462 bits per heavy atom. The second kappa shape index (κ2) is 52.8. The van der Waals surface area contributed by atoms with Gasteiger partial charge in [0.2, 0.25) is 5.91 Å². The molecule has 3 N–H and O–H groups in total. The van der Waals surface area contributed by atoms with Gasteiger partial charge >= 0.3 is 5.97 Å². The van der Waals surface area contributed by atoms with Crippen molar-refractivity contribution in [2.75, 3.05) is 6.61 Å². The van der Waals surface area contributed by atoms with E-state index in [1.165, 1.54) is 167 Å². The van der Waals surface area contributed by atoms with Crippen molar-refractivity contribution in [1.82, 2.24) is 5.32 Å². The Bertz CT molecular complexity index is 1110. The molecule has 6 nitrogen and oxygen atoms in total. The summed E-state index contributed by atoms with van der Waals surface area (Å²) >= 11 is 0. The first kappa shape index (κ1) is 62.8. The molecule has 0 fully saturated rings. The number of amides is 1. The number of carbonyl (C=O) groups is 2. The van der Waals surface area contributed by atoms with Crippen LogP contribution in [0.1, 0.15) is 290 Å². The molecule has 0 radical (unpaired) electrons. The Morgan fingerprint density at radius 2 is 0.831 bits per heavy atom. The van der Waals surface area contributed by atoms with E-state index in [1.54, 1.807) is 0 Å². The van der Waals surface area contributed by atoms with Crippen LogP contribution in [0.4, 0.5) is 0 Å². The quantitative estimate of drug-likeness (QED) is 0.0245. The fourth-order valence-electron chi connectivity index (χ4n) is 8.57. The Morgan fingerprint density at radius 3 is 1.29 bits per heavy atom. The van der Waals surface area contributed by atoms with E-state index < -0.39 is 18.2 Å². The average molecular weight is 913 g/mol. The molecule has 0 saturated carbocycles. The number of aliphatic hydroxyl groups is 2. The van der Waals surface area contributed by atoms with E-state index in [0.29, 0.717) is 19.3 Å². The van der Waals surface area contributed by atoms with Gasteiger partial charge in [0.25, 0.3) is 0 Å². The molecule has 6 heteroatoms. The summed E-state index contributed by atoms with van der Waals surface area (Å²) in [4.78, 5) is 26.2. The second-order valence-electron chi connectivity index (χ2n) is 19.4. The highest BCUT2D eigenvalue weighted by atomic mass is 16.5. The van der Waals surface area contributed by atoms with Crippen LogP contribution in [-0.4, -0.2) is 46.9 Å². The number of unbranched alkanes of at least 4 members (excludes halogenated alkanes) is 32. The number of hydrogen-bond acceptors (Lipinski definition) is 5. The van der Waals surface area contributed by atoms with Crippen LogP contribution in [0.15, 0.2) is 48.6 Å². The normalized spacial score (nSPS) is 13.5. The van der Waals surface area contributed by atoms with Gasteiger partial charge in [0.1, 0.15) is 6.10 Å². The SMILES string of the molecule is CCCCC/C=C\C/C=C\CCCCCCCC(CC(=O)NC(CO)C(O)CCCCCCCCCCCCCCCCCC)OC(=O)CCCCCCCC/C=C/C=C/CCCCC. The van der Waals surface area contributed by atoms with E-state index in [1.807, 2.05) is 0 Å². The minimum Gasteiger partial charge on any atom is -0.462 e. The zero-order chi connectivity index (χ0) is 47.4. The summed E-state index contributed by atoms with van der Waals surface area (Å²) in [6.07, 6.45) is 64.5. The Hall–Kier alpha value is -2.18. The van der Waals surface area contributed by atoms with Gasteiger partial charge in [0.05, 0.1) is 25.2 Å². The lowest BCUT2D eigenvalue weighted by Gasteiger charge is -2.24. The third-order valence-corrected chi connectivity index (χ3v) is 12.9. The number of carbonyl (C=O) groups excluding carboxylic acids is 2. The van der Waals surface area contributed by atoms with Gasteiger partial charge in [-0.2, -0.15) is 0 Å². The van der Waals surface area contributed by atoms with Gasteiger partial charge in [0, 0.05) is 6.42 Å². The van der Waals surface area contributed by atoms with Crippen LogP contribution >= 0.6 is 0 Å². The largest absolute Gasteiger partial charge is 0.462 e. The van der Waals surface area contributed by atoms with Crippen LogP contribution in [0, 0.1) is 0 Å². The number of hydrogen-bond donors (Lipinski definition) is 3. The predicted molar refractivity (Wildman–Crippen MR) is 282 cm³/mol. The van der Waals surface area contributed by atoms with Crippen molar-refractivity contribution in [3.8, 4) is 0 Å². The molecular weight excluding hydrogens is 803 g/mol. The second-order valence-corrected chi connectivity index (χ2v) is 19.4. The van der Waals surface area contributed by atoms with Gasteiger partial charge in [-0.15, -0.1) is 0 Å². The van der Waals surface area contributed by atoms with Gasteiger partial charge in [-0.1, -0.05) is 243 Å². The molecule has 1 amide bonds. The standard InChI is InChI=1S/C59H109NO5/c1-4-7-10-13-16-19-22-25-28-31-33-36-39-42-45-48-51-57(62)56(54-61)60-58(63)53-55(50-47-44-41-38-35-32-29-26-23-20-17-14-11-8-5-2)65-59(64)52-49-46-43-40-37-34-30-27-24-21-18-15-12-9-6-3/h17-18,20-21,24,26-27,29,55-57,61-62H,4-16,19,22-23,25,28,30-54H2,1-3H3,(H,60,63)/b20-17-,21-18+,27-24+,29-26-. The van der Waals surface area contributed by atoms with E-state index in [4.69, 9.17) is 4.74 Å². The third-order valence-electron chi connectivity index (χ3n) is 12.9. The van der Waals surface area contributed by atoms with Crippen molar-refractivity contribution in [3.63, 3.8) is 0 Å². The molecule has 0 aliphatic carbocycles. The number of aliphatic hydroxyl groups excluding tert-OH is 2. The smallest absolute Gasteiger partial charge is 0.306 e. The Kier molecular flexibility index (Phi) is 51.0. The van der Waals surface area contributed by atoms with Gasteiger partial charge < -0.3 is 20.3 Å². The van der Waals surface area contributed by atoms with E-state index in [0.717, 1.165) is 77.0 Å². The molecule has 0 heterocycles. The van der Waals surface area contributed by atoms with Gasteiger partial charge in [-0.3, -0.25) is 9.59 Å². The van der Waals surface area contributed by atoms with Crippen molar-refractivity contribution in [1.29, 1.82) is 0 Å². The highest BCUT2D eigenvalue weighted by Crippen LogP contribution is 2.18. The highest BCUT2D eigenvalue weighted by molar-refractivity contribution is 5.77. The summed E-state index contributed by atoms with van der Waals surface area (Å²) < 4.78 is 5.95. The Labute approximate surface area is 404 Å². The zero-order valence-corrected chi connectivity index (χ0v) is 43.4. The molecule has 0 bridgehead atoms. The molecular formula is C59H109NO5. The summed E-state index contributed by atoms with van der Waals surface area (Å²) in [6.45, 7) is 6.45. The zero-order valence-electron chi connectivity index (χ0n) is 43.4. The van der Waals surface area contributed by atoms with E-state index in [-0.39, 0.29) is 24.9 Å². The lowest BCUT2D eigenvalue weighted by Crippen LogP contribution is -2.46. The predicted octanol–water partition coefficient (Wildman–Crippen LogP) is 17.4. The molecule has 0 aliphatic rings. The number of ether oxygens (including phenoxy) is 1. The lowest BCUT2D eigenvalue weighted by molar-refractivity contribution is -0.151. The van der Waals surface area contributed by atoms with Crippen molar-refractivity contribution < 1.29 is 24.5 Å². The fraction of sp³-hybridized carbons (Fsp3) is 0.831. The minimum absolute atomic E-state index is 0.0644. The van der Waals surface area contributed by atoms with Crippen LogP contribution in [0.2, 0.25) is 0 Å². The van der Waals surface area contributed by atoms with Crippen LogP contribution in [-0.2, 0) is 14.3 Å². The van der Waals surface area contributed by atoms with E-state index >= 15 is 0 Å². The molecule has 0 aromatic carbocycles. The molecule has 0 aromatic rings. The van der Waals surface area contributed by atoms with Crippen molar-refractivity contribution in [2.24, 2.45) is 0 Å². The van der Waals surface area contributed by atoms with Crippen LogP contribution in [0.25, 0.3) is 0 Å². The first-order chi connectivity index (χ1) is 32.0. The molecule has 380 valence electrons. The summed E-state index contributed by atoms with van der Waals surface area (Å²) in [5.41, 5.74) is 0. The fourth-order valence-corrected chi connectivity index (χ4v) is 8.57. The maximum absolute atomic E-state index is 13.3. The first-order valence-electron chi connectivity index (χ1n) is 28.4. The minimum atomic E-state index is -0.794. The summed E-state index contributed by atoms with van der Waals surface area (Å²) in [7, 11) is 0. The van der Waals surface area contributed by atoms with Crippen molar-refractivity contribution in [2.45, 2.75) is 309 Å². The monoisotopic (exact) mass is 912 g/mol. The topological polar surface area (TPSA) is 95.9 Å². The first-order valence-corrected chi connectivity index (χ1v) is 28.4. The molecule has 0 aliphatic heterocycles. The number of esters is 1. The van der Waals surface area contributed by atoms with Crippen LogP contribution < -0.4 is 5.32 Å². The maximum atomic E-state index is 13.3. The molecule has 0 rings (SSSR count). The van der Waals surface area contributed by atoms with E-state index in [9.17, 15) is 19.8 Å². The van der Waals surface area contributed by atoms with E-state index in [2.05, 4.69) is 74.7 Å². The maximum Gasteiger partial charge on any atom is 0.306 e. The number of rotatable bonds is 51. The van der Waals surface area contributed by atoms with Crippen molar-refractivity contribution in [3.05, 3.63) is 48.6 Å². The van der Waals surface area contributed by atoms with Crippen LogP contribution in [0.3, 0.4) is 0 Å². The summed E-state index contributed by atoms with van der Waals surface area (Å²) in [6, 6.07) is -0.709. The molecule has 65 heavy (non-hydrogen) atoms. The average Bonchev–Trinajstić information content (AvgIpc) is 3.30. The molecule has 0 spiro atoms. The number of nitrogens with one attached hydrogen (secondary N) is 1. The summed E-state index contributed by atoms with van der Waals surface area (Å²) in [5, 5.41) is 23.9. The van der Waals surface area contributed by atoms with Gasteiger partial charge in [-0.25, -0.2) is 0 Å². The number of allylic oxidation sites excluding steroid dienone is 8. The molecule has 3 atom stereocenters. The Balaban J connectivity index is 4.58. The van der Waals surface area contributed by atoms with Crippen molar-refractivity contribution >= 4 is 11.9 Å².